The first-order chi connectivity index (χ1) is 54.3. The van der Waals surface area contributed by atoms with Crippen LogP contribution in [0.2, 0.25) is 5.02 Å². The van der Waals surface area contributed by atoms with Crippen LogP contribution < -0.4 is 62.9 Å². The average Bonchev–Trinajstić information content (AvgIpc) is 0.982. The van der Waals surface area contributed by atoms with E-state index in [4.69, 9.17) is 79.7 Å². The average molecular weight is 1640 g/mol. The van der Waals surface area contributed by atoms with Crippen molar-refractivity contribution in [3.63, 3.8) is 0 Å². The first-order valence-corrected chi connectivity index (χ1v) is 39.1. The molecule has 8 heterocycles. The second kappa shape index (κ2) is 34.6. The Labute approximate surface area is 671 Å². The fraction of sp³-hybridized carbons (Fsp3) is 0.487. The molecule has 8 unspecified atom stereocenters. The van der Waals surface area contributed by atoms with Gasteiger partial charge in [0, 0.05) is 60.2 Å². The number of carbonyl (C=O) groups excluding carboxylic acids is 6. The van der Waals surface area contributed by atoms with Gasteiger partial charge < -0.3 is 123 Å². The number of aliphatic hydroxyl groups excluding tert-OH is 9. The monoisotopic (exact) mass is 1640 g/mol. The van der Waals surface area contributed by atoms with Crippen LogP contribution in [0, 0.1) is 11.8 Å². The number of nitrogens with zero attached hydrogens (tertiary/aromatic N) is 1. The second-order valence-corrected chi connectivity index (χ2v) is 32.4. The number of ether oxygens (including phenoxy) is 6. The number of nitrogens with one attached hydrogen (secondary N) is 7. The summed E-state index contributed by atoms with van der Waals surface area (Å²) in [5, 5.41) is 126. The number of fused-ring (bicyclic) bond motifs is 20. The highest BCUT2D eigenvalue weighted by molar-refractivity contribution is 6.31. The first-order valence-electron chi connectivity index (χ1n) is 37.9. The van der Waals surface area contributed by atoms with E-state index >= 15 is 19.2 Å². The van der Waals surface area contributed by atoms with Crippen LogP contribution in [0.3, 0.4) is 0 Å². The summed E-state index contributed by atoms with van der Waals surface area (Å²) in [6, 6.07) is 3.33. The van der Waals surface area contributed by atoms with Gasteiger partial charge in [-0.05, 0) is 158 Å². The third-order valence-corrected chi connectivity index (χ3v) is 23.5. The van der Waals surface area contributed by atoms with Gasteiger partial charge in [-0.2, -0.15) is 0 Å². The molecule has 0 radical (unpaired) electrons. The summed E-state index contributed by atoms with van der Waals surface area (Å²) >= 11 is 21.3. The zero-order valence-electron chi connectivity index (χ0n) is 62.9. The first kappa shape index (κ1) is 83.2. The Morgan fingerprint density at radius 2 is 1.54 bits per heavy atom. The van der Waals surface area contributed by atoms with E-state index in [1.165, 1.54) is 55.6 Å². The fourth-order valence-corrected chi connectivity index (χ4v) is 17.2. The quantitative estimate of drug-likeness (QED) is 0.109. The van der Waals surface area contributed by atoms with Gasteiger partial charge in [-0.15, -0.1) is 11.6 Å². The normalized spacial score (nSPS) is 33.0. The van der Waals surface area contributed by atoms with Crippen LogP contribution in [-0.2, 0) is 49.5 Å². The largest absolute Gasteiger partial charge is 0.512 e. The highest BCUT2D eigenvalue weighted by atomic mass is 35.5. The fourth-order valence-electron chi connectivity index (χ4n) is 16.5. The standard InChI is InChI=1S/C80H95Cl3N10O21/c1-33(2)20-50(86-5)75(105)92-65-67(100)38-10-17-54(47(82)23-38)110-56-25-40-26-57(70(56)114-79-71-62(69(102)58(32-95)112-79)44-21-35(6-14-43(44)36-7-12-41(81)13-8-36)30-87-80(4)29-60(113-71)109-34(3)72(80)103)111-55-18-11-39(24-48(55)83)68(101)66-78(108)89-51(31-94)45-27-42(96)28-53(98)61(45)46-22-37(9-16-52(46)97)64(76(106)93-66)90-73(85)63(40)91-74(104)49(88-77(65)107)15-19-59(84)99/h6-9,11-14,16,18,21,23,25-27,33-34,42,46,48-51,58,60,62-69,71-72,79,86-87,94-98,100-103H,10,15,17,19-20,22,24,28-32H2,1-5H3,(H2,84,99)(H2,85,90)(H,88,107)(H,89,108)(H,91,104)(H,92,105)(H,93,106)/t34?,42?,46?,48?,49-,50+,51+,58?,60-,62-,63+,64+,65+,66-,67+,68+,69?,71?,72+,79+,80?/m0/s1. The van der Waals surface area contributed by atoms with Gasteiger partial charge >= 0.3 is 0 Å². The summed E-state index contributed by atoms with van der Waals surface area (Å²) in [5.74, 6) is -11.4. The Morgan fingerprint density at radius 1 is 0.807 bits per heavy atom. The van der Waals surface area contributed by atoms with Crippen LogP contribution in [0.5, 0.6) is 17.2 Å². The van der Waals surface area contributed by atoms with Crippen LogP contribution in [0.1, 0.15) is 114 Å². The van der Waals surface area contributed by atoms with Crippen molar-refractivity contribution < 1.29 is 103 Å². The number of hydrogen-bond donors (Lipinski definition) is 18. The van der Waals surface area contributed by atoms with Gasteiger partial charge in [0.1, 0.15) is 71.7 Å². The summed E-state index contributed by atoms with van der Waals surface area (Å²) < 4.78 is 41.9. The number of allylic oxidation sites excluding steroid dienone is 9. The molecule has 3 aromatic rings. The minimum atomic E-state index is -2.00. The van der Waals surface area contributed by atoms with E-state index in [0.29, 0.717) is 27.3 Å². The lowest BCUT2D eigenvalue weighted by Crippen LogP contribution is -2.63. The maximum atomic E-state index is 15.9. The highest BCUT2D eigenvalue weighted by Crippen LogP contribution is 2.51. The minimum Gasteiger partial charge on any atom is -0.512 e. The van der Waals surface area contributed by atoms with E-state index in [1.807, 2.05) is 39.0 Å². The molecule has 6 amide bonds. The second-order valence-electron chi connectivity index (χ2n) is 31.0. The summed E-state index contributed by atoms with van der Waals surface area (Å²) in [6.07, 6.45) is -9.12. The van der Waals surface area contributed by atoms with Crippen LogP contribution in [0.15, 0.2) is 152 Å². The Kier molecular flexibility index (Phi) is 25.3. The molecule has 21 atom stereocenters. The number of carbonyl (C=O) groups is 6. The van der Waals surface area contributed by atoms with E-state index < -0.39 is 205 Å². The van der Waals surface area contributed by atoms with Gasteiger partial charge in [0.15, 0.2) is 23.8 Å². The third-order valence-electron chi connectivity index (χ3n) is 22.6. The van der Waals surface area contributed by atoms with Crippen molar-refractivity contribution in [1.29, 1.82) is 0 Å². The third kappa shape index (κ3) is 17.4. The molecule has 3 fully saturated rings. The van der Waals surface area contributed by atoms with Gasteiger partial charge in [-0.3, -0.25) is 33.8 Å². The number of rotatable bonds is 13. The van der Waals surface area contributed by atoms with Crippen LogP contribution in [0.4, 0.5) is 0 Å². The van der Waals surface area contributed by atoms with Gasteiger partial charge in [0.25, 0.3) is 0 Å². The maximum Gasteiger partial charge on any atom is 0.249 e. The number of benzene rings is 3. The number of nitrogens with two attached hydrogens (primary N) is 2. The van der Waals surface area contributed by atoms with Crippen LogP contribution in [-0.4, -0.2) is 216 Å². The number of amidine groups is 1. The molecule has 12 aliphatic rings. The molecule has 20 N–H and O–H groups in total. The molecular formula is C80H95Cl3N10O21. The van der Waals surface area contributed by atoms with Crippen molar-refractivity contribution in [3.8, 4) is 28.4 Å². The molecule has 0 spiro atoms. The molecule has 4 aliphatic carbocycles. The number of hydrogen-bond acceptors (Lipinski definition) is 25. The molecule has 0 aromatic heterocycles. The van der Waals surface area contributed by atoms with Crippen molar-refractivity contribution in [1.82, 2.24) is 37.2 Å². The zero-order valence-corrected chi connectivity index (χ0v) is 65.2. The number of alkyl halides is 1. The molecule has 0 saturated carbocycles. The lowest BCUT2D eigenvalue weighted by Gasteiger charge is -2.49. The van der Waals surface area contributed by atoms with E-state index in [1.54, 1.807) is 31.2 Å². The van der Waals surface area contributed by atoms with Crippen molar-refractivity contribution in [2.75, 3.05) is 20.3 Å². The molecule has 114 heavy (non-hydrogen) atoms. The molecule has 15 bridgehead atoms. The maximum absolute atomic E-state index is 15.9. The van der Waals surface area contributed by atoms with Gasteiger partial charge in [-0.25, -0.2) is 0 Å². The van der Waals surface area contributed by atoms with Crippen LogP contribution >= 0.6 is 34.8 Å². The molecule has 31 nitrogen and oxygen atoms in total. The lowest BCUT2D eigenvalue weighted by molar-refractivity contribution is -0.317. The summed E-state index contributed by atoms with van der Waals surface area (Å²) in [6.45, 7) is 5.77. The summed E-state index contributed by atoms with van der Waals surface area (Å²) in [4.78, 5) is 94.1. The molecule has 8 aliphatic heterocycles. The molecular weight excluding hydrogens is 1540 g/mol. The highest BCUT2D eigenvalue weighted by Gasteiger charge is 2.54. The van der Waals surface area contributed by atoms with E-state index in [2.05, 4.69) is 37.2 Å². The van der Waals surface area contributed by atoms with E-state index in [-0.39, 0.29) is 125 Å². The van der Waals surface area contributed by atoms with Gasteiger partial charge in [0.05, 0.1) is 65.9 Å². The topological polar surface area (TPSA) is 488 Å². The predicted octanol–water partition coefficient (Wildman–Crippen LogP) is 3.11. The van der Waals surface area contributed by atoms with Crippen LogP contribution in [0.25, 0.3) is 11.1 Å². The number of halogens is 3. The number of amides is 6. The van der Waals surface area contributed by atoms with Crippen molar-refractivity contribution in [3.05, 3.63) is 169 Å². The molecule has 3 saturated heterocycles. The minimum absolute atomic E-state index is 0.00177. The van der Waals surface area contributed by atoms with Crippen molar-refractivity contribution in [2.24, 2.45) is 28.3 Å². The van der Waals surface area contributed by atoms with Gasteiger partial charge in [0.2, 0.25) is 47.5 Å². The van der Waals surface area contributed by atoms with Crippen molar-refractivity contribution >= 4 is 76.1 Å². The number of likely N-dealkylation sites (N-methyl/N-ethyl adjacent to an activating group) is 1. The molecule has 3 aromatic carbocycles. The summed E-state index contributed by atoms with van der Waals surface area (Å²) in [7, 11) is 1.54. The molecule has 34 heteroatoms. The molecule has 612 valence electrons. The Hall–Kier alpha value is -8.74. The Morgan fingerprint density at radius 3 is 2.23 bits per heavy atom. The van der Waals surface area contributed by atoms with E-state index in [0.717, 1.165) is 0 Å². The summed E-state index contributed by atoms with van der Waals surface area (Å²) in [5.41, 5.74) is 14.5. The lowest BCUT2D eigenvalue weighted by atomic mass is 9.75. The number of primary amides is 1. The smallest absolute Gasteiger partial charge is 0.249 e. The van der Waals surface area contributed by atoms with Crippen molar-refractivity contribution in [2.45, 2.75) is 213 Å². The predicted molar refractivity (Wildman–Crippen MR) is 415 cm³/mol. The zero-order chi connectivity index (χ0) is 81.6. The molecule has 15 rings (SSSR count). The SMILES string of the molecule is CN[C@H](CC(C)C)C(=O)N[C@H]1C(=O)N[C@@H](CCC(N)=O)C(=O)N[C@H]2C(N)=N[C@H]3C(=O)N[C@H](C(=O)N[C@H](CO)C4=CC(O)CC(O)=C4C4CC3=CC=C4O)[C@H](O)C3=CC=C(Oc4cc2cc(c4O[C@H]2OC(CO)C(O)[C@@H]4c5cc(ccc5-c5ccc(Cl)cc5)CNC5(C)C[C@H](OC24)OC(C)[C@H]5O)OC2=C(Cl)C=C(CC2)[C@H]1O)C(Cl)C3. The Balaban J connectivity index is 1.07. The van der Waals surface area contributed by atoms with E-state index in [9.17, 15) is 55.5 Å². The number of aliphatic hydroxyl groups is 9. The Bertz CT molecular complexity index is 4580. The van der Waals surface area contributed by atoms with Gasteiger partial charge in [-0.1, -0.05) is 79.5 Å². The number of aliphatic imine (C=N–C) groups is 1.